The molecule has 9 heterocycles. The average Bonchev–Trinajstić information content (AvgIpc) is 3.65. The smallest absolute Gasteiger partial charge is 0.356 e. The van der Waals surface area contributed by atoms with Gasteiger partial charge < -0.3 is 41.5 Å². The molecule has 4 amide bonds. The predicted octanol–water partition coefficient (Wildman–Crippen LogP) is 8.77. The van der Waals surface area contributed by atoms with Crippen molar-refractivity contribution in [2.75, 3.05) is 26.0 Å². The van der Waals surface area contributed by atoms with Gasteiger partial charge in [-0.2, -0.15) is 0 Å². The zero-order chi connectivity index (χ0) is 59.3. The van der Waals surface area contributed by atoms with Crippen molar-refractivity contribution in [3.8, 4) is 43.4 Å². The van der Waals surface area contributed by atoms with Gasteiger partial charge in [0.1, 0.15) is 82.9 Å². The van der Waals surface area contributed by atoms with Crippen LogP contribution in [0.5, 0.6) is 0 Å². The first-order valence-electron chi connectivity index (χ1n) is 25.6. The third kappa shape index (κ3) is 13.1. The van der Waals surface area contributed by atoms with Crippen molar-refractivity contribution in [3.63, 3.8) is 0 Å². The van der Waals surface area contributed by atoms with Crippen LogP contribution >= 0.6 is 68.0 Å². The molecule has 0 radical (unpaired) electrons. The van der Waals surface area contributed by atoms with Crippen LogP contribution in [0.2, 0.25) is 0 Å². The van der Waals surface area contributed by atoms with Gasteiger partial charge in [0, 0.05) is 58.5 Å². The summed E-state index contributed by atoms with van der Waals surface area (Å²) < 4.78 is 5.57. The first-order chi connectivity index (χ1) is 40.4. The number of carbonyl (C=O) groups is 6. The quantitative estimate of drug-likeness (QED) is 0.0636. The lowest BCUT2D eigenvalue weighted by atomic mass is 9.90. The van der Waals surface area contributed by atoms with Gasteiger partial charge in [-0.25, -0.2) is 49.7 Å². The van der Waals surface area contributed by atoms with Crippen molar-refractivity contribution >= 4 is 115 Å². The van der Waals surface area contributed by atoms with Crippen LogP contribution in [0.4, 0.5) is 5.82 Å². The number of aryl methyl sites for hydroxylation is 1. The summed E-state index contributed by atoms with van der Waals surface area (Å²) in [4.78, 5) is 123. The molecule has 10 bridgehead atoms. The first kappa shape index (κ1) is 58.9. The largest absolute Gasteiger partial charge is 0.476 e. The Balaban J connectivity index is 1.04. The standard InChI is InChI=1S/C55H50N14O9S6/c1-24(2)29-14-37(70)43-26(4)83-53(69-43)31(15-40(71)56-5)61-48(75)35-21-79-49(63-35)28-12-13-30(51-66-39(23-82-51)65-47(74)32-16-59-33(17-58-32)55(76)77)60-44(28)34-20-80-52(62-34)36-22-81-54(64-36)45(46(73)27-10-8-7-9-11-27)67-41(72)18-57-25(3)42-38(19-78-6)84-50(29)68-42/h7-13,16-17,20-24,29,31,45-46,57,73H,3,14-15,18-19H2,1-2,4-6H3,(H,56,71)(H,61,75)(H,65,74)(H,67,72)(H,76,77)/t29-,31+,45+,46+/m1/s1. The number of benzene rings is 1. The number of amides is 4. The van der Waals surface area contributed by atoms with Gasteiger partial charge in [-0.1, -0.05) is 50.8 Å². The highest BCUT2D eigenvalue weighted by Crippen LogP contribution is 2.41. The Kier molecular flexibility index (Phi) is 18.0. The van der Waals surface area contributed by atoms with Gasteiger partial charge in [-0.3, -0.25) is 24.0 Å². The van der Waals surface area contributed by atoms with E-state index in [1.54, 1.807) is 72.0 Å². The Morgan fingerprint density at radius 2 is 1.46 bits per heavy atom. The number of methoxy groups -OCH3 is 1. The topological polar surface area (TPSA) is 328 Å². The molecule has 84 heavy (non-hydrogen) atoms. The molecule has 0 saturated carbocycles. The number of hydrogen-bond acceptors (Lipinski definition) is 24. The molecule has 7 N–H and O–H groups in total. The minimum absolute atomic E-state index is 0.0321. The number of rotatable bonds is 11. The Morgan fingerprint density at radius 3 is 2.20 bits per heavy atom. The fraction of sp³-hybridized carbons (Fsp3) is 0.255. The number of ketones is 1. The summed E-state index contributed by atoms with van der Waals surface area (Å²) in [7, 11) is 3.05. The Labute approximate surface area is 502 Å². The van der Waals surface area contributed by atoms with Gasteiger partial charge in [-0.05, 0) is 30.5 Å². The highest BCUT2D eigenvalue weighted by molar-refractivity contribution is 7.15. The number of aromatic carboxylic acids is 1. The van der Waals surface area contributed by atoms with Crippen LogP contribution in [0.3, 0.4) is 0 Å². The summed E-state index contributed by atoms with van der Waals surface area (Å²) >= 11 is 7.44. The number of thiazole rings is 6. The number of carboxylic acids is 1. The normalized spacial score (nSPS) is 16.3. The molecule has 0 aliphatic carbocycles. The van der Waals surface area contributed by atoms with E-state index in [0.29, 0.717) is 80.2 Å². The zero-order valence-electron chi connectivity index (χ0n) is 45.2. The van der Waals surface area contributed by atoms with Crippen LogP contribution in [0.25, 0.3) is 49.1 Å². The molecule has 1 aliphatic rings. The Bertz CT molecular complexity index is 3960. The van der Waals surface area contributed by atoms with Crippen molar-refractivity contribution in [1.82, 2.24) is 66.1 Å². The SMILES string of the molecule is C=C1NCC(=O)N[C@@H]([C@@H](O)c2ccccc2)c2nc(cs2)-c2nc(cs2)-c2nc(-c3nc(NC(=O)c4cnc(C(=O)O)cn4)cs3)ccc2-c2nc(cs2)C(=O)N[C@@H](CC(=O)NC)c2nc(c(C)s2)C(=O)C[C@H](C(C)C)c2nc1c(COC)s2. The molecule has 8 aromatic heterocycles. The summed E-state index contributed by atoms with van der Waals surface area (Å²) in [5.41, 5.74) is 3.22. The fourth-order valence-corrected chi connectivity index (χ4v) is 14.3. The number of carbonyl (C=O) groups excluding carboxylic acids is 5. The lowest BCUT2D eigenvalue weighted by Crippen LogP contribution is -2.38. The predicted molar refractivity (Wildman–Crippen MR) is 320 cm³/mol. The number of anilines is 1. The van der Waals surface area contributed by atoms with Crippen molar-refractivity contribution in [2.24, 2.45) is 5.92 Å². The number of aliphatic hydroxyl groups is 1. The van der Waals surface area contributed by atoms with Crippen molar-refractivity contribution in [1.29, 1.82) is 0 Å². The lowest BCUT2D eigenvalue weighted by molar-refractivity contribution is -0.122. The molecular weight excluding hydrogens is 1190 g/mol. The fourth-order valence-electron chi connectivity index (χ4n) is 8.72. The average molecular weight is 1240 g/mol. The summed E-state index contributed by atoms with van der Waals surface area (Å²) in [5, 5.41) is 44.9. The second kappa shape index (κ2) is 25.7. The van der Waals surface area contributed by atoms with Crippen LogP contribution in [0.1, 0.15) is 129 Å². The molecule has 4 atom stereocenters. The van der Waals surface area contributed by atoms with E-state index in [-0.39, 0.29) is 78.1 Å². The third-order valence-corrected chi connectivity index (χ3v) is 18.9. The summed E-state index contributed by atoms with van der Waals surface area (Å²) in [5.74, 6) is -3.94. The number of aliphatic hydroxyl groups excluding tert-OH is 1. The number of nitrogens with one attached hydrogen (secondary N) is 5. The van der Waals surface area contributed by atoms with Crippen LogP contribution in [-0.2, 0) is 20.9 Å². The lowest BCUT2D eigenvalue weighted by Gasteiger charge is -2.23. The van der Waals surface area contributed by atoms with Crippen LogP contribution in [0.15, 0.2) is 83.0 Å². The summed E-state index contributed by atoms with van der Waals surface area (Å²) in [6.45, 7) is 9.94. The molecule has 0 saturated heterocycles. The molecule has 10 rings (SSSR count). The highest BCUT2D eigenvalue weighted by Gasteiger charge is 2.33. The van der Waals surface area contributed by atoms with E-state index in [4.69, 9.17) is 34.6 Å². The molecule has 1 aromatic carbocycles. The molecule has 9 aromatic rings. The molecule has 29 heteroatoms. The molecule has 23 nitrogen and oxygen atoms in total. The number of aromatic nitrogens is 9. The van der Waals surface area contributed by atoms with Crippen LogP contribution in [0, 0.1) is 12.8 Å². The van der Waals surface area contributed by atoms with E-state index in [1.165, 1.54) is 75.1 Å². The summed E-state index contributed by atoms with van der Waals surface area (Å²) in [6.07, 6.45) is 0.650. The molecular formula is C55H50N14O9S6. The maximum Gasteiger partial charge on any atom is 0.356 e. The molecule has 0 spiro atoms. The van der Waals surface area contributed by atoms with Crippen molar-refractivity contribution in [3.05, 3.63) is 142 Å². The molecule has 0 fully saturated rings. The maximum atomic E-state index is 14.4. The Hall–Kier alpha value is -8.29. The van der Waals surface area contributed by atoms with Crippen molar-refractivity contribution in [2.45, 2.75) is 64.3 Å². The van der Waals surface area contributed by atoms with Gasteiger partial charge in [-0.15, -0.1) is 68.0 Å². The third-order valence-electron chi connectivity index (χ3n) is 13.1. The van der Waals surface area contributed by atoms with E-state index < -0.39 is 41.9 Å². The monoisotopic (exact) mass is 1240 g/mol. The number of fused-ring (bicyclic) bond motifs is 14. The molecule has 0 unspecified atom stereocenters. The van der Waals surface area contributed by atoms with E-state index >= 15 is 0 Å². The number of ether oxygens (including phenoxy) is 1. The van der Waals surface area contributed by atoms with Gasteiger partial charge in [0.05, 0.1) is 59.3 Å². The van der Waals surface area contributed by atoms with Gasteiger partial charge >= 0.3 is 5.97 Å². The van der Waals surface area contributed by atoms with E-state index in [0.717, 1.165) is 17.3 Å². The first-order valence-corrected chi connectivity index (χ1v) is 30.8. The number of Topliss-reactive ketones (excluding diaryl/α,β-unsaturated/α-hetero) is 1. The second-order valence-corrected chi connectivity index (χ2v) is 25.0. The van der Waals surface area contributed by atoms with Crippen LogP contribution in [-0.4, -0.2) is 111 Å². The minimum Gasteiger partial charge on any atom is -0.476 e. The van der Waals surface area contributed by atoms with Gasteiger partial charge in [0.25, 0.3) is 11.8 Å². The van der Waals surface area contributed by atoms with E-state index in [9.17, 15) is 39.0 Å². The van der Waals surface area contributed by atoms with Gasteiger partial charge in [0.15, 0.2) is 11.5 Å². The number of pyridine rings is 1. The molecule has 1 aliphatic heterocycles. The van der Waals surface area contributed by atoms with E-state index in [2.05, 4.69) is 48.1 Å². The van der Waals surface area contributed by atoms with Crippen LogP contribution < -0.4 is 26.6 Å². The zero-order valence-corrected chi connectivity index (χ0v) is 50.1. The highest BCUT2D eigenvalue weighted by atomic mass is 32.1. The minimum atomic E-state index is -1.29. The van der Waals surface area contributed by atoms with E-state index in [1.807, 2.05) is 19.9 Å². The summed E-state index contributed by atoms with van der Waals surface area (Å²) in [6, 6.07) is 10.4. The number of nitrogens with zero attached hydrogens (tertiary/aromatic N) is 9. The second-order valence-electron chi connectivity index (χ2n) is 19.2. The van der Waals surface area contributed by atoms with Crippen molar-refractivity contribution < 1.29 is 43.7 Å². The number of carboxylic acid groups (broad SMARTS) is 1. The van der Waals surface area contributed by atoms with Gasteiger partial charge in [0.2, 0.25) is 11.8 Å². The number of hydrogen-bond donors (Lipinski definition) is 7. The maximum absolute atomic E-state index is 14.4. The Morgan fingerprint density at radius 1 is 0.762 bits per heavy atom. The molecule has 430 valence electrons.